The van der Waals surface area contributed by atoms with Crippen LogP contribution in [0, 0.1) is 0 Å². The third-order valence-corrected chi connectivity index (χ3v) is 3.53. The van der Waals surface area contributed by atoms with E-state index in [2.05, 4.69) is 5.32 Å². The van der Waals surface area contributed by atoms with E-state index in [4.69, 9.17) is 0 Å². The molecule has 1 aliphatic heterocycles. The highest BCUT2D eigenvalue weighted by molar-refractivity contribution is 6.23. The van der Waals surface area contributed by atoms with Crippen molar-refractivity contribution >= 4 is 11.5 Å². The van der Waals surface area contributed by atoms with Crippen LogP contribution in [0.2, 0.25) is 0 Å². The van der Waals surface area contributed by atoms with Crippen molar-refractivity contribution in [3.05, 3.63) is 77.4 Å². The minimum Gasteiger partial charge on any atom is -0.341 e. The fourth-order valence-electron chi connectivity index (χ4n) is 2.58. The van der Waals surface area contributed by atoms with Gasteiger partial charge in [0.25, 0.3) is 5.91 Å². The second kappa shape index (κ2) is 4.73. The van der Waals surface area contributed by atoms with Gasteiger partial charge in [0.05, 0.1) is 6.04 Å². The van der Waals surface area contributed by atoms with Crippen LogP contribution in [0.4, 0.5) is 0 Å². The molecule has 2 aromatic rings. The first-order valence-electron chi connectivity index (χ1n) is 6.39. The Labute approximate surface area is 112 Å². The summed E-state index contributed by atoms with van der Waals surface area (Å²) < 4.78 is 0. The summed E-state index contributed by atoms with van der Waals surface area (Å²) in [5.41, 5.74) is 3.99. The Morgan fingerprint density at radius 1 is 0.895 bits per heavy atom. The highest BCUT2D eigenvalue weighted by atomic mass is 16.2. The van der Waals surface area contributed by atoms with Crippen LogP contribution < -0.4 is 5.32 Å². The Balaban J connectivity index is 2.05. The van der Waals surface area contributed by atoms with Crippen LogP contribution in [0.5, 0.6) is 0 Å². The average Bonchev–Trinajstić information content (AvgIpc) is 2.76. The zero-order valence-electron chi connectivity index (χ0n) is 10.8. The Bertz CT molecular complexity index is 629. The summed E-state index contributed by atoms with van der Waals surface area (Å²) in [6, 6.07) is 19.9. The van der Waals surface area contributed by atoms with Crippen LogP contribution in [-0.2, 0) is 4.79 Å². The van der Waals surface area contributed by atoms with E-state index in [0.717, 1.165) is 22.3 Å². The highest BCUT2D eigenvalue weighted by Gasteiger charge is 2.30. The molecule has 1 amide bonds. The van der Waals surface area contributed by atoms with E-state index in [-0.39, 0.29) is 11.9 Å². The largest absolute Gasteiger partial charge is 0.341 e. The highest BCUT2D eigenvalue weighted by Crippen LogP contribution is 2.34. The van der Waals surface area contributed by atoms with Gasteiger partial charge in [-0.15, -0.1) is 0 Å². The zero-order valence-corrected chi connectivity index (χ0v) is 10.8. The van der Waals surface area contributed by atoms with Gasteiger partial charge in [-0.25, -0.2) is 0 Å². The Hall–Kier alpha value is -2.35. The summed E-state index contributed by atoms with van der Waals surface area (Å²) in [4.78, 5) is 12.2. The molecular weight excluding hydrogens is 234 g/mol. The second-order valence-electron chi connectivity index (χ2n) is 4.74. The predicted molar refractivity (Wildman–Crippen MR) is 76.4 cm³/mol. The SMILES string of the molecule is CC1=C(c2ccccc2)C(=O)NC1c1ccccc1. The van der Waals surface area contributed by atoms with Gasteiger partial charge in [-0.1, -0.05) is 60.7 Å². The third kappa shape index (κ3) is 2.06. The van der Waals surface area contributed by atoms with Gasteiger partial charge >= 0.3 is 0 Å². The Morgan fingerprint density at radius 2 is 1.47 bits per heavy atom. The van der Waals surface area contributed by atoms with E-state index in [9.17, 15) is 4.79 Å². The molecule has 0 aromatic heterocycles. The van der Waals surface area contributed by atoms with Gasteiger partial charge in [0.1, 0.15) is 0 Å². The first kappa shape index (κ1) is 11.7. The molecule has 1 aliphatic rings. The van der Waals surface area contributed by atoms with Crippen molar-refractivity contribution in [2.24, 2.45) is 0 Å². The van der Waals surface area contributed by atoms with Gasteiger partial charge in [-0.05, 0) is 23.6 Å². The van der Waals surface area contributed by atoms with Crippen molar-refractivity contribution < 1.29 is 4.79 Å². The number of hydrogen-bond donors (Lipinski definition) is 1. The van der Waals surface area contributed by atoms with Crippen molar-refractivity contribution in [2.75, 3.05) is 0 Å². The lowest BCUT2D eigenvalue weighted by atomic mass is 9.96. The quantitative estimate of drug-likeness (QED) is 0.869. The van der Waals surface area contributed by atoms with Gasteiger partial charge < -0.3 is 5.32 Å². The van der Waals surface area contributed by atoms with Gasteiger partial charge in [-0.3, -0.25) is 4.79 Å². The molecule has 0 fully saturated rings. The molecule has 1 atom stereocenters. The molecule has 19 heavy (non-hydrogen) atoms. The maximum Gasteiger partial charge on any atom is 0.252 e. The lowest BCUT2D eigenvalue weighted by molar-refractivity contribution is -0.115. The monoisotopic (exact) mass is 249 g/mol. The Kier molecular flexibility index (Phi) is 2.92. The minimum atomic E-state index is -0.0103. The molecule has 0 saturated heterocycles. The number of amides is 1. The van der Waals surface area contributed by atoms with E-state index in [0.29, 0.717) is 0 Å². The van der Waals surface area contributed by atoms with E-state index >= 15 is 0 Å². The maximum absolute atomic E-state index is 12.2. The molecule has 2 nitrogen and oxygen atoms in total. The molecule has 0 bridgehead atoms. The van der Waals surface area contributed by atoms with Gasteiger partial charge in [-0.2, -0.15) is 0 Å². The fraction of sp³-hybridized carbons (Fsp3) is 0.118. The van der Waals surface area contributed by atoms with E-state index in [1.54, 1.807) is 0 Å². The number of benzene rings is 2. The van der Waals surface area contributed by atoms with Gasteiger partial charge in [0.15, 0.2) is 0 Å². The maximum atomic E-state index is 12.2. The van der Waals surface area contributed by atoms with Crippen LogP contribution >= 0.6 is 0 Å². The molecule has 0 radical (unpaired) electrons. The molecular formula is C17H15NO. The van der Waals surface area contributed by atoms with Crippen molar-refractivity contribution in [3.8, 4) is 0 Å². The molecule has 0 spiro atoms. The number of carbonyl (C=O) groups excluding carboxylic acids is 1. The number of nitrogens with one attached hydrogen (secondary N) is 1. The molecule has 1 unspecified atom stereocenters. The van der Waals surface area contributed by atoms with Crippen LogP contribution in [0.1, 0.15) is 24.1 Å². The molecule has 94 valence electrons. The minimum absolute atomic E-state index is 0.0103. The Morgan fingerprint density at radius 3 is 2.11 bits per heavy atom. The van der Waals surface area contributed by atoms with Gasteiger partial charge in [0, 0.05) is 5.57 Å². The number of hydrogen-bond acceptors (Lipinski definition) is 1. The molecule has 2 heteroatoms. The standard InChI is InChI=1S/C17H15NO/c1-12-15(13-8-4-2-5-9-13)17(19)18-16(12)14-10-6-3-7-11-14/h2-11,16H,1H3,(H,18,19). The summed E-state index contributed by atoms with van der Waals surface area (Å²) in [6.45, 7) is 2.03. The van der Waals surface area contributed by atoms with Crippen LogP contribution in [-0.4, -0.2) is 5.91 Å². The van der Waals surface area contributed by atoms with E-state index < -0.39 is 0 Å². The van der Waals surface area contributed by atoms with E-state index in [1.165, 1.54) is 0 Å². The summed E-state index contributed by atoms with van der Waals surface area (Å²) in [7, 11) is 0. The second-order valence-corrected chi connectivity index (χ2v) is 4.74. The molecule has 1 N–H and O–H groups in total. The van der Waals surface area contributed by atoms with E-state index in [1.807, 2.05) is 67.6 Å². The van der Waals surface area contributed by atoms with Crippen molar-refractivity contribution in [1.82, 2.24) is 5.32 Å². The van der Waals surface area contributed by atoms with Crippen molar-refractivity contribution in [1.29, 1.82) is 0 Å². The average molecular weight is 249 g/mol. The van der Waals surface area contributed by atoms with Crippen LogP contribution in [0.3, 0.4) is 0 Å². The summed E-state index contributed by atoms with van der Waals surface area (Å²) in [5.74, 6) is 0.0116. The smallest absolute Gasteiger partial charge is 0.252 e. The fourth-order valence-corrected chi connectivity index (χ4v) is 2.58. The third-order valence-electron chi connectivity index (χ3n) is 3.53. The molecule has 2 aromatic carbocycles. The van der Waals surface area contributed by atoms with Crippen LogP contribution in [0.25, 0.3) is 5.57 Å². The summed E-state index contributed by atoms with van der Waals surface area (Å²) in [5, 5.41) is 3.06. The normalized spacial score (nSPS) is 18.6. The van der Waals surface area contributed by atoms with Crippen molar-refractivity contribution in [2.45, 2.75) is 13.0 Å². The lowest BCUT2D eigenvalue weighted by Crippen LogP contribution is -2.21. The first-order valence-corrected chi connectivity index (χ1v) is 6.39. The molecule has 0 aliphatic carbocycles. The number of carbonyl (C=O) groups is 1. The summed E-state index contributed by atoms with van der Waals surface area (Å²) in [6.07, 6.45) is 0. The van der Waals surface area contributed by atoms with Gasteiger partial charge in [0.2, 0.25) is 0 Å². The predicted octanol–water partition coefficient (Wildman–Crippen LogP) is 3.33. The number of rotatable bonds is 2. The lowest BCUT2D eigenvalue weighted by Gasteiger charge is -2.12. The topological polar surface area (TPSA) is 29.1 Å². The van der Waals surface area contributed by atoms with Crippen molar-refractivity contribution in [3.63, 3.8) is 0 Å². The molecule has 1 heterocycles. The molecule has 3 rings (SSSR count). The molecule has 0 saturated carbocycles. The van der Waals surface area contributed by atoms with Crippen LogP contribution in [0.15, 0.2) is 66.2 Å². The summed E-state index contributed by atoms with van der Waals surface area (Å²) >= 11 is 0. The zero-order chi connectivity index (χ0) is 13.2. The first-order chi connectivity index (χ1) is 9.27.